The van der Waals surface area contributed by atoms with Crippen molar-refractivity contribution < 1.29 is 9.47 Å². The first kappa shape index (κ1) is 21.2. The maximum Gasteiger partial charge on any atom is 0.218 e. The molecular weight excluding hydrogens is 443 g/mol. The molecule has 1 saturated carbocycles. The van der Waals surface area contributed by atoms with Gasteiger partial charge in [-0.25, -0.2) is 9.98 Å². The van der Waals surface area contributed by atoms with Crippen molar-refractivity contribution in [3.63, 3.8) is 0 Å². The second kappa shape index (κ2) is 11.6. The van der Waals surface area contributed by atoms with Crippen LogP contribution in [-0.4, -0.2) is 42.8 Å². The number of nitrogens with one attached hydrogen (secondary N) is 2. The van der Waals surface area contributed by atoms with E-state index in [9.17, 15) is 0 Å². The normalized spacial score (nSPS) is 20.7. The van der Waals surface area contributed by atoms with E-state index < -0.39 is 0 Å². The molecule has 1 saturated heterocycles. The second-order valence-electron chi connectivity index (χ2n) is 6.70. The zero-order valence-electron chi connectivity index (χ0n) is 15.6. The first-order valence-corrected chi connectivity index (χ1v) is 9.59. The molecule has 0 aromatic carbocycles. The Kier molecular flexibility index (Phi) is 9.45. The summed E-state index contributed by atoms with van der Waals surface area (Å²) in [5.74, 6) is 1.54. The number of guanidine groups is 1. The summed E-state index contributed by atoms with van der Waals surface area (Å²) in [7, 11) is 0. The lowest BCUT2D eigenvalue weighted by molar-refractivity contribution is 0.114. The Morgan fingerprint density at radius 1 is 1.27 bits per heavy atom. The van der Waals surface area contributed by atoms with Crippen molar-refractivity contribution in [2.75, 3.05) is 19.7 Å². The van der Waals surface area contributed by atoms with Crippen LogP contribution in [0.4, 0.5) is 0 Å². The summed E-state index contributed by atoms with van der Waals surface area (Å²) < 4.78 is 11.8. The fraction of sp³-hybridized carbons (Fsp3) is 0.684. The topological polar surface area (TPSA) is 67.8 Å². The Morgan fingerprint density at radius 2 is 2.12 bits per heavy atom. The van der Waals surface area contributed by atoms with Gasteiger partial charge in [-0.2, -0.15) is 0 Å². The quantitative estimate of drug-likeness (QED) is 0.361. The standard InChI is InChI=1S/C19H30N4O2.HI/c1-2-20-19(23-14-17-10-6-12-24-17)22-13-15-7-5-11-21-18(15)25-16-8-3-4-9-16;/h5,7,11,16-17H,2-4,6,8-10,12-14H2,1H3,(H2,20,22,23);1H. The van der Waals surface area contributed by atoms with E-state index >= 15 is 0 Å². The van der Waals surface area contributed by atoms with Crippen molar-refractivity contribution >= 4 is 29.9 Å². The molecule has 0 spiro atoms. The molecule has 0 radical (unpaired) electrons. The summed E-state index contributed by atoms with van der Waals surface area (Å²) in [5, 5.41) is 6.67. The molecule has 146 valence electrons. The zero-order chi connectivity index (χ0) is 17.3. The molecular formula is C19H31IN4O2. The van der Waals surface area contributed by atoms with E-state index in [2.05, 4.69) is 22.5 Å². The first-order chi connectivity index (χ1) is 12.3. The molecule has 26 heavy (non-hydrogen) atoms. The molecule has 3 rings (SSSR count). The van der Waals surface area contributed by atoms with Gasteiger partial charge in [0.2, 0.25) is 5.88 Å². The lowest BCUT2D eigenvalue weighted by Crippen LogP contribution is -2.41. The number of hydrogen-bond donors (Lipinski definition) is 2. The summed E-state index contributed by atoms with van der Waals surface area (Å²) in [6.45, 7) is 5.12. The van der Waals surface area contributed by atoms with Crippen molar-refractivity contribution in [1.82, 2.24) is 15.6 Å². The molecule has 0 bridgehead atoms. The SMILES string of the molecule is CCNC(=NCc1cccnc1OC1CCCC1)NCC1CCCO1.I. The Bertz CT molecular complexity index is 558. The van der Waals surface area contributed by atoms with Gasteiger partial charge in [0.1, 0.15) is 6.10 Å². The highest BCUT2D eigenvalue weighted by molar-refractivity contribution is 14.0. The summed E-state index contributed by atoms with van der Waals surface area (Å²) in [6.07, 6.45) is 9.43. The average molecular weight is 474 g/mol. The maximum absolute atomic E-state index is 6.10. The Hall–Kier alpha value is -1.09. The molecule has 1 unspecified atom stereocenters. The summed E-state index contributed by atoms with van der Waals surface area (Å²) in [6, 6.07) is 3.99. The van der Waals surface area contributed by atoms with Crippen LogP contribution in [-0.2, 0) is 11.3 Å². The van der Waals surface area contributed by atoms with Gasteiger partial charge >= 0.3 is 0 Å². The van der Waals surface area contributed by atoms with Gasteiger partial charge in [-0.15, -0.1) is 24.0 Å². The lowest BCUT2D eigenvalue weighted by atomic mass is 10.2. The predicted molar refractivity (Wildman–Crippen MR) is 114 cm³/mol. The van der Waals surface area contributed by atoms with Crippen LogP contribution in [0.15, 0.2) is 23.3 Å². The predicted octanol–water partition coefficient (Wildman–Crippen LogP) is 3.26. The number of rotatable bonds is 7. The Labute approximate surface area is 173 Å². The highest BCUT2D eigenvalue weighted by atomic mass is 127. The molecule has 2 N–H and O–H groups in total. The first-order valence-electron chi connectivity index (χ1n) is 9.59. The molecule has 0 amide bonds. The molecule has 2 aliphatic rings. The van der Waals surface area contributed by atoms with Crippen LogP contribution in [0.25, 0.3) is 0 Å². The van der Waals surface area contributed by atoms with Crippen LogP contribution in [0.2, 0.25) is 0 Å². The van der Waals surface area contributed by atoms with E-state index in [1.165, 1.54) is 12.8 Å². The van der Waals surface area contributed by atoms with Gasteiger partial charge in [0.15, 0.2) is 5.96 Å². The molecule has 6 nitrogen and oxygen atoms in total. The van der Waals surface area contributed by atoms with Crippen molar-refractivity contribution in [3.8, 4) is 5.88 Å². The number of ether oxygens (including phenoxy) is 2. The van der Waals surface area contributed by atoms with Gasteiger partial charge in [0, 0.05) is 31.5 Å². The summed E-state index contributed by atoms with van der Waals surface area (Å²) >= 11 is 0. The zero-order valence-corrected chi connectivity index (χ0v) is 17.9. The highest BCUT2D eigenvalue weighted by Crippen LogP contribution is 2.25. The van der Waals surface area contributed by atoms with Crippen LogP contribution in [0, 0.1) is 0 Å². The molecule has 1 aromatic heterocycles. The van der Waals surface area contributed by atoms with Gasteiger partial charge < -0.3 is 20.1 Å². The third-order valence-electron chi connectivity index (χ3n) is 4.70. The summed E-state index contributed by atoms with van der Waals surface area (Å²) in [4.78, 5) is 9.12. The molecule has 1 atom stereocenters. The highest BCUT2D eigenvalue weighted by Gasteiger charge is 2.19. The van der Waals surface area contributed by atoms with Crippen molar-refractivity contribution in [2.45, 2.75) is 64.2 Å². The molecule has 2 heterocycles. The third-order valence-corrected chi connectivity index (χ3v) is 4.70. The fourth-order valence-corrected chi connectivity index (χ4v) is 3.34. The van der Waals surface area contributed by atoms with Gasteiger partial charge in [0.25, 0.3) is 0 Å². The minimum atomic E-state index is 0. The second-order valence-corrected chi connectivity index (χ2v) is 6.70. The number of halogens is 1. The minimum absolute atomic E-state index is 0. The molecule has 2 fully saturated rings. The van der Waals surface area contributed by atoms with Crippen LogP contribution in [0.5, 0.6) is 5.88 Å². The molecule has 1 aliphatic carbocycles. The summed E-state index contributed by atoms with van der Waals surface area (Å²) in [5.41, 5.74) is 1.03. The van der Waals surface area contributed by atoms with Crippen LogP contribution in [0.1, 0.15) is 51.0 Å². The number of nitrogens with zero attached hydrogens (tertiary/aromatic N) is 2. The molecule has 1 aromatic rings. The molecule has 1 aliphatic heterocycles. The van der Waals surface area contributed by atoms with E-state index in [-0.39, 0.29) is 24.0 Å². The van der Waals surface area contributed by atoms with E-state index in [1.807, 2.05) is 12.1 Å². The van der Waals surface area contributed by atoms with Gasteiger partial charge in [-0.1, -0.05) is 6.07 Å². The van der Waals surface area contributed by atoms with E-state index in [0.29, 0.717) is 18.8 Å². The van der Waals surface area contributed by atoms with E-state index in [1.54, 1.807) is 6.20 Å². The van der Waals surface area contributed by atoms with Crippen LogP contribution in [0.3, 0.4) is 0 Å². The Morgan fingerprint density at radius 3 is 2.85 bits per heavy atom. The lowest BCUT2D eigenvalue weighted by Gasteiger charge is -2.16. The van der Waals surface area contributed by atoms with Gasteiger partial charge in [0.05, 0.1) is 12.6 Å². The van der Waals surface area contributed by atoms with Crippen molar-refractivity contribution in [2.24, 2.45) is 4.99 Å². The van der Waals surface area contributed by atoms with Crippen LogP contribution < -0.4 is 15.4 Å². The Balaban J connectivity index is 0.00000243. The van der Waals surface area contributed by atoms with E-state index in [0.717, 1.165) is 62.8 Å². The van der Waals surface area contributed by atoms with E-state index in [4.69, 9.17) is 14.5 Å². The third kappa shape index (κ3) is 6.57. The minimum Gasteiger partial charge on any atom is -0.474 e. The monoisotopic (exact) mass is 474 g/mol. The fourth-order valence-electron chi connectivity index (χ4n) is 3.34. The van der Waals surface area contributed by atoms with Crippen molar-refractivity contribution in [1.29, 1.82) is 0 Å². The van der Waals surface area contributed by atoms with Gasteiger partial charge in [-0.3, -0.25) is 0 Å². The van der Waals surface area contributed by atoms with Crippen molar-refractivity contribution in [3.05, 3.63) is 23.9 Å². The number of aliphatic imine (C=N–C) groups is 1. The number of pyridine rings is 1. The number of hydrogen-bond acceptors (Lipinski definition) is 4. The number of aromatic nitrogens is 1. The smallest absolute Gasteiger partial charge is 0.218 e. The average Bonchev–Trinajstić information content (AvgIpc) is 3.32. The van der Waals surface area contributed by atoms with Crippen LogP contribution >= 0.6 is 24.0 Å². The molecule has 7 heteroatoms. The van der Waals surface area contributed by atoms with Gasteiger partial charge in [-0.05, 0) is 51.5 Å². The largest absolute Gasteiger partial charge is 0.474 e. The maximum atomic E-state index is 6.10.